The summed E-state index contributed by atoms with van der Waals surface area (Å²) in [6.07, 6.45) is 6.90. The molecule has 4 atom stereocenters. The fourth-order valence-electron chi connectivity index (χ4n) is 6.51. The summed E-state index contributed by atoms with van der Waals surface area (Å²) in [5, 5.41) is 22.9. The van der Waals surface area contributed by atoms with Crippen molar-refractivity contribution in [1.29, 1.82) is 0 Å². The number of nitrogens with one attached hydrogen (secondary N) is 1. The Balaban J connectivity index is 1.90. The first-order valence-corrected chi connectivity index (χ1v) is 9.30. The summed E-state index contributed by atoms with van der Waals surface area (Å²) in [6, 6.07) is 4.80. The van der Waals surface area contributed by atoms with E-state index in [4.69, 9.17) is 0 Å². The zero-order valence-electron chi connectivity index (χ0n) is 14.9. The van der Waals surface area contributed by atoms with Crippen molar-refractivity contribution in [3.63, 3.8) is 0 Å². The second-order valence-corrected chi connectivity index (χ2v) is 8.19. The van der Waals surface area contributed by atoms with Gasteiger partial charge in [-0.3, -0.25) is 14.5 Å². The van der Waals surface area contributed by atoms with Crippen LogP contribution in [0.5, 0.6) is 5.75 Å². The van der Waals surface area contributed by atoms with E-state index in [9.17, 15) is 19.8 Å². The first kappa shape index (κ1) is 16.7. The second kappa shape index (κ2) is 5.09. The van der Waals surface area contributed by atoms with E-state index in [1.807, 2.05) is 6.08 Å². The minimum atomic E-state index is -1.38. The van der Waals surface area contributed by atoms with Crippen molar-refractivity contribution in [1.82, 2.24) is 4.90 Å². The fraction of sp³-hybridized carbons (Fsp3) is 0.429. The Hall–Kier alpha value is -2.44. The first-order valence-electron chi connectivity index (χ1n) is 9.30. The van der Waals surface area contributed by atoms with E-state index < -0.39 is 28.6 Å². The van der Waals surface area contributed by atoms with E-state index in [-0.39, 0.29) is 24.1 Å². The summed E-state index contributed by atoms with van der Waals surface area (Å²) >= 11 is 0. The van der Waals surface area contributed by atoms with Crippen LogP contribution in [-0.4, -0.2) is 52.5 Å². The number of phenolic OH excluding ortho intramolecular Hbond substituents is 1. The molecule has 5 rings (SSSR count). The number of carbonyl (C=O) groups is 2. The Kier molecular flexibility index (Phi) is 3.15. The quantitative estimate of drug-likeness (QED) is 0.427. The standard InChI is InChI=1S/C21H22N2O4/c1-2-19-6-3-8-23-9-7-20(17(19)23)14-10-13(25)4-5-15(14)22-18(27)21(20,12-19)16(26)11-24/h2-6,10,17,24-25H,1,7-9,11-12H2,(H,22,27)/t17-,19+,20+,21-/m0/s1. The number of hydrogen-bond donors (Lipinski definition) is 3. The van der Waals surface area contributed by atoms with Crippen LogP contribution in [0.15, 0.2) is 43.0 Å². The van der Waals surface area contributed by atoms with Crippen LogP contribution in [0, 0.1) is 10.8 Å². The lowest BCUT2D eigenvalue weighted by Gasteiger charge is -2.49. The number of carbonyl (C=O) groups excluding carboxylic acids is 2. The topological polar surface area (TPSA) is 89.9 Å². The van der Waals surface area contributed by atoms with Crippen LogP contribution < -0.4 is 5.32 Å². The van der Waals surface area contributed by atoms with Gasteiger partial charge in [-0.2, -0.15) is 0 Å². The zero-order valence-corrected chi connectivity index (χ0v) is 14.9. The number of fused-ring (bicyclic) bond motifs is 1. The molecule has 0 aromatic heterocycles. The number of aromatic hydroxyl groups is 1. The largest absolute Gasteiger partial charge is 0.508 e. The molecule has 3 aliphatic heterocycles. The third-order valence-electron chi connectivity index (χ3n) is 7.35. The number of phenols is 1. The van der Waals surface area contributed by atoms with Gasteiger partial charge in [0, 0.05) is 29.1 Å². The van der Waals surface area contributed by atoms with Gasteiger partial charge in [-0.25, -0.2) is 0 Å². The molecule has 3 N–H and O–H groups in total. The number of aliphatic hydroxyl groups is 1. The Morgan fingerprint density at radius 2 is 2.26 bits per heavy atom. The van der Waals surface area contributed by atoms with Crippen molar-refractivity contribution in [2.24, 2.45) is 10.8 Å². The normalized spacial score (nSPS) is 38.7. The highest BCUT2D eigenvalue weighted by molar-refractivity contribution is 6.16. The molecule has 1 aromatic rings. The highest BCUT2D eigenvalue weighted by Crippen LogP contribution is 2.71. The van der Waals surface area contributed by atoms with Gasteiger partial charge in [0.2, 0.25) is 5.91 Å². The van der Waals surface area contributed by atoms with E-state index >= 15 is 0 Å². The summed E-state index contributed by atoms with van der Waals surface area (Å²) < 4.78 is 0. The number of benzene rings is 1. The third kappa shape index (κ3) is 1.65. The minimum Gasteiger partial charge on any atom is -0.508 e. The summed E-state index contributed by atoms with van der Waals surface area (Å²) in [5.41, 5.74) is -1.30. The molecule has 27 heavy (non-hydrogen) atoms. The highest BCUT2D eigenvalue weighted by atomic mass is 16.3. The maximum absolute atomic E-state index is 13.4. The molecule has 6 nitrogen and oxygen atoms in total. The van der Waals surface area contributed by atoms with Crippen molar-refractivity contribution in [2.45, 2.75) is 24.3 Å². The van der Waals surface area contributed by atoms with E-state index in [0.29, 0.717) is 12.1 Å². The molecule has 4 aliphatic rings. The lowest BCUT2D eigenvalue weighted by molar-refractivity contribution is -0.146. The van der Waals surface area contributed by atoms with Gasteiger partial charge in [0.1, 0.15) is 17.8 Å². The Bertz CT molecular complexity index is 925. The number of amides is 1. The van der Waals surface area contributed by atoms with E-state index in [1.54, 1.807) is 18.2 Å². The van der Waals surface area contributed by atoms with E-state index in [1.165, 1.54) is 0 Å². The summed E-state index contributed by atoms with van der Waals surface area (Å²) in [7, 11) is 0. The highest BCUT2D eigenvalue weighted by Gasteiger charge is 2.78. The lowest BCUT2D eigenvalue weighted by atomic mass is 9.55. The summed E-state index contributed by atoms with van der Waals surface area (Å²) in [4.78, 5) is 29.0. The first-order chi connectivity index (χ1) is 12.9. The molecule has 1 spiro atoms. The molecule has 1 aliphatic carbocycles. The SMILES string of the molecule is C=C[C@@]12C=CCN3CC[C@@]4(c5cc(O)ccc5NC(=O)[C@@]4(C(=O)CO)C1)[C@@H]32. The number of hydrogen-bond acceptors (Lipinski definition) is 5. The lowest BCUT2D eigenvalue weighted by Crippen LogP contribution is -2.61. The molecule has 3 heterocycles. The number of Topliss-reactive ketones (excluding diaryl/α,β-unsaturated/α-hetero) is 1. The smallest absolute Gasteiger partial charge is 0.239 e. The zero-order chi connectivity index (χ0) is 19.0. The summed E-state index contributed by atoms with van der Waals surface area (Å²) in [6.45, 7) is 4.86. The molecule has 1 aromatic carbocycles. The number of rotatable bonds is 3. The Morgan fingerprint density at radius 1 is 1.44 bits per heavy atom. The number of ketones is 1. The minimum absolute atomic E-state index is 0.102. The van der Waals surface area contributed by atoms with Gasteiger partial charge < -0.3 is 15.5 Å². The van der Waals surface area contributed by atoms with Crippen LogP contribution in [0.25, 0.3) is 0 Å². The fourth-order valence-corrected chi connectivity index (χ4v) is 6.51. The maximum Gasteiger partial charge on any atom is 0.239 e. The average molecular weight is 366 g/mol. The van der Waals surface area contributed by atoms with Gasteiger partial charge >= 0.3 is 0 Å². The molecular formula is C21H22N2O4. The van der Waals surface area contributed by atoms with Gasteiger partial charge in [-0.1, -0.05) is 18.2 Å². The number of aliphatic hydroxyl groups excluding tert-OH is 1. The molecule has 6 heteroatoms. The Labute approximate surface area is 157 Å². The van der Waals surface area contributed by atoms with Crippen LogP contribution in [0.3, 0.4) is 0 Å². The second-order valence-electron chi connectivity index (χ2n) is 8.19. The van der Waals surface area contributed by atoms with Crippen LogP contribution >= 0.6 is 0 Å². The van der Waals surface area contributed by atoms with Crippen molar-refractivity contribution >= 4 is 17.4 Å². The van der Waals surface area contributed by atoms with Crippen LogP contribution in [0.2, 0.25) is 0 Å². The molecule has 1 saturated heterocycles. The Morgan fingerprint density at radius 3 is 3.00 bits per heavy atom. The molecule has 1 saturated carbocycles. The molecular weight excluding hydrogens is 344 g/mol. The van der Waals surface area contributed by atoms with Gasteiger partial charge in [0.15, 0.2) is 5.78 Å². The van der Waals surface area contributed by atoms with Crippen LogP contribution in [-0.2, 0) is 15.0 Å². The molecule has 0 bridgehead atoms. The van der Waals surface area contributed by atoms with Gasteiger partial charge in [-0.15, -0.1) is 6.58 Å². The monoisotopic (exact) mass is 366 g/mol. The predicted octanol–water partition coefficient (Wildman–Crippen LogP) is 1.35. The van der Waals surface area contributed by atoms with Crippen molar-refractivity contribution < 1.29 is 19.8 Å². The van der Waals surface area contributed by atoms with Crippen molar-refractivity contribution in [2.75, 3.05) is 25.0 Å². The van der Waals surface area contributed by atoms with Gasteiger partial charge in [-0.05, 0) is 43.1 Å². The van der Waals surface area contributed by atoms with Crippen LogP contribution in [0.4, 0.5) is 5.69 Å². The molecule has 140 valence electrons. The molecule has 0 unspecified atom stereocenters. The molecule has 2 fully saturated rings. The summed E-state index contributed by atoms with van der Waals surface area (Å²) in [5.74, 6) is -0.712. The molecule has 1 amide bonds. The number of anilines is 1. The predicted molar refractivity (Wildman–Crippen MR) is 99.3 cm³/mol. The van der Waals surface area contributed by atoms with Gasteiger partial charge in [0.25, 0.3) is 0 Å². The van der Waals surface area contributed by atoms with Crippen molar-refractivity contribution in [3.8, 4) is 5.75 Å². The van der Waals surface area contributed by atoms with Crippen LogP contribution in [0.1, 0.15) is 18.4 Å². The van der Waals surface area contributed by atoms with Gasteiger partial charge in [0.05, 0.1) is 0 Å². The third-order valence-corrected chi connectivity index (χ3v) is 7.35. The van der Waals surface area contributed by atoms with E-state index in [2.05, 4.69) is 28.9 Å². The average Bonchev–Trinajstić information content (AvgIpc) is 3.20. The van der Waals surface area contributed by atoms with E-state index in [0.717, 1.165) is 18.7 Å². The maximum atomic E-state index is 13.4. The molecule has 0 radical (unpaired) electrons. The number of nitrogens with zero attached hydrogens (tertiary/aromatic N) is 1. The van der Waals surface area contributed by atoms with Crippen molar-refractivity contribution in [3.05, 3.63) is 48.6 Å².